The molecule has 5 aromatic rings. The second-order valence-electron chi connectivity index (χ2n) is 7.53. The molecule has 0 radical (unpaired) electrons. The second kappa shape index (κ2) is 7.03. The van der Waals surface area contributed by atoms with Gasteiger partial charge in [0.1, 0.15) is 30.2 Å². The van der Waals surface area contributed by atoms with Gasteiger partial charge in [0.15, 0.2) is 11.5 Å². The van der Waals surface area contributed by atoms with Gasteiger partial charge in [0.25, 0.3) is 0 Å². The number of nitrogens with one attached hydrogen (secondary N) is 2. The molecule has 1 aliphatic heterocycles. The Hall–Kier alpha value is -4.05. The normalized spacial score (nSPS) is 14.1. The third-order valence-corrected chi connectivity index (χ3v) is 5.51. The van der Waals surface area contributed by atoms with Crippen LogP contribution in [0.1, 0.15) is 17.0 Å². The van der Waals surface area contributed by atoms with Crippen molar-refractivity contribution in [1.29, 1.82) is 0 Å². The molecule has 0 atom stereocenters. The lowest BCUT2D eigenvalue weighted by atomic mass is 9.95. The molecule has 5 heterocycles. The molecule has 10 nitrogen and oxygen atoms in total. The predicted molar refractivity (Wildman–Crippen MR) is 114 cm³/mol. The van der Waals surface area contributed by atoms with E-state index in [9.17, 15) is 0 Å². The van der Waals surface area contributed by atoms with Gasteiger partial charge in [-0.15, -0.1) is 0 Å². The SMILES string of the molecule is Cc1cc(Nc2ncnn3ccc(C4CNC4)c23)ccc1Oc1cc2ncnn2cn1. The number of hydrogen-bond acceptors (Lipinski definition) is 8. The van der Waals surface area contributed by atoms with E-state index in [0.717, 1.165) is 41.4 Å². The van der Waals surface area contributed by atoms with Crippen molar-refractivity contribution in [2.45, 2.75) is 12.8 Å². The van der Waals surface area contributed by atoms with E-state index in [1.807, 2.05) is 35.8 Å². The van der Waals surface area contributed by atoms with E-state index >= 15 is 0 Å². The van der Waals surface area contributed by atoms with Gasteiger partial charge >= 0.3 is 0 Å². The molecule has 0 spiro atoms. The first kappa shape index (κ1) is 17.8. The molecule has 1 saturated heterocycles. The van der Waals surface area contributed by atoms with E-state index in [0.29, 0.717) is 17.4 Å². The Morgan fingerprint density at radius 2 is 1.90 bits per heavy atom. The van der Waals surface area contributed by atoms with E-state index in [4.69, 9.17) is 4.74 Å². The summed E-state index contributed by atoms with van der Waals surface area (Å²) in [4.78, 5) is 12.9. The number of aryl methyl sites for hydroxylation is 1. The van der Waals surface area contributed by atoms with Gasteiger partial charge in [-0.1, -0.05) is 0 Å². The van der Waals surface area contributed by atoms with Crippen molar-refractivity contribution in [3.05, 3.63) is 66.6 Å². The highest BCUT2D eigenvalue weighted by molar-refractivity contribution is 5.77. The molecule has 0 amide bonds. The average molecular weight is 413 g/mol. The molecule has 0 unspecified atom stereocenters. The largest absolute Gasteiger partial charge is 0.439 e. The first-order valence-electron chi connectivity index (χ1n) is 9.98. The fourth-order valence-electron chi connectivity index (χ4n) is 3.77. The number of hydrogen-bond donors (Lipinski definition) is 2. The lowest BCUT2D eigenvalue weighted by molar-refractivity contribution is 0.451. The van der Waals surface area contributed by atoms with Crippen LogP contribution in [0, 0.1) is 6.92 Å². The summed E-state index contributed by atoms with van der Waals surface area (Å²) in [7, 11) is 0. The molecule has 31 heavy (non-hydrogen) atoms. The lowest BCUT2D eigenvalue weighted by Crippen LogP contribution is -2.39. The van der Waals surface area contributed by atoms with Crippen molar-refractivity contribution in [2.24, 2.45) is 0 Å². The van der Waals surface area contributed by atoms with E-state index in [1.54, 1.807) is 23.2 Å². The Kier molecular flexibility index (Phi) is 4.03. The summed E-state index contributed by atoms with van der Waals surface area (Å²) >= 11 is 0. The molecular formula is C21H19N9O. The van der Waals surface area contributed by atoms with E-state index in [1.165, 1.54) is 11.9 Å². The summed E-state index contributed by atoms with van der Waals surface area (Å²) in [6.07, 6.45) is 6.61. The fourth-order valence-corrected chi connectivity index (χ4v) is 3.77. The summed E-state index contributed by atoms with van der Waals surface area (Å²) in [6, 6.07) is 9.78. The van der Waals surface area contributed by atoms with Gasteiger partial charge in [-0.25, -0.2) is 24.0 Å². The average Bonchev–Trinajstić information content (AvgIpc) is 3.36. The zero-order valence-electron chi connectivity index (χ0n) is 16.7. The van der Waals surface area contributed by atoms with Crippen molar-refractivity contribution in [3.63, 3.8) is 0 Å². The molecule has 2 N–H and O–H groups in total. The van der Waals surface area contributed by atoms with Gasteiger partial charge in [0.2, 0.25) is 5.88 Å². The highest BCUT2D eigenvalue weighted by Crippen LogP contribution is 2.32. The quantitative estimate of drug-likeness (QED) is 0.453. The van der Waals surface area contributed by atoms with Crippen LogP contribution in [0.5, 0.6) is 11.6 Å². The molecule has 6 rings (SSSR count). The highest BCUT2D eigenvalue weighted by Gasteiger charge is 2.24. The maximum absolute atomic E-state index is 5.97. The Labute approximate surface area is 176 Å². The number of benzene rings is 1. The van der Waals surface area contributed by atoms with Crippen molar-refractivity contribution in [1.82, 2.24) is 39.5 Å². The molecule has 1 aromatic carbocycles. The summed E-state index contributed by atoms with van der Waals surface area (Å²) < 4.78 is 9.43. The highest BCUT2D eigenvalue weighted by atomic mass is 16.5. The molecule has 0 bridgehead atoms. The van der Waals surface area contributed by atoms with Gasteiger partial charge in [0, 0.05) is 37.0 Å². The first-order valence-corrected chi connectivity index (χ1v) is 9.98. The third kappa shape index (κ3) is 3.13. The maximum atomic E-state index is 5.97. The Morgan fingerprint density at radius 1 is 1.03 bits per heavy atom. The monoisotopic (exact) mass is 413 g/mol. The van der Waals surface area contributed by atoms with E-state index < -0.39 is 0 Å². The smallest absolute Gasteiger partial charge is 0.224 e. The summed E-state index contributed by atoms with van der Waals surface area (Å²) in [6.45, 7) is 3.95. The minimum absolute atomic E-state index is 0.466. The maximum Gasteiger partial charge on any atom is 0.224 e. The van der Waals surface area contributed by atoms with Crippen molar-refractivity contribution >= 4 is 22.7 Å². The van der Waals surface area contributed by atoms with Gasteiger partial charge in [0.05, 0.1) is 0 Å². The van der Waals surface area contributed by atoms with Crippen LogP contribution in [-0.4, -0.2) is 47.3 Å². The van der Waals surface area contributed by atoms with Crippen molar-refractivity contribution < 1.29 is 4.74 Å². The van der Waals surface area contributed by atoms with Gasteiger partial charge in [-0.05, 0) is 42.3 Å². The Morgan fingerprint density at radius 3 is 2.74 bits per heavy atom. The molecule has 0 saturated carbocycles. The van der Waals surface area contributed by atoms with Crippen LogP contribution in [0.3, 0.4) is 0 Å². The van der Waals surface area contributed by atoms with Crippen molar-refractivity contribution in [2.75, 3.05) is 18.4 Å². The zero-order valence-corrected chi connectivity index (χ0v) is 16.7. The van der Waals surface area contributed by atoms with Crippen LogP contribution in [0.4, 0.5) is 11.5 Å². The number of anilines is 2. The number of nitrogens with zero attached hydrogens (tertiary/aromatic N) is 7. The van der Waals surface area contributed by atoms with Gasteiger partial charge < -0.3 is 15.4 Å². The lowest BCUT2D eigenvalue weighted by Gasteiger charge is -2.27. The van der Waals surface area contributed by atoms with Crippen LogP contribution in [0.2, 0.25) is 0 Å². The topological polar surface area (TPSA) is 107 Å². The number of rotatable bonds is 5. The summed E-state index contributed by atoms with van der Waals surface area (Å²) in [5, 5.41) is 15.2. The molecular weight excluding hydrogens is 394 g/mol. The molecule has 0 aliphatic carbocycles. The Balaban J connectivity index is 1.28. The second-order valence-corrected chi connectivity index (χ2v) is 7.53. The van der Waals surface area contributed by atoms with E-state index in [-0.39, 0.29) is 0 Å². The van der Waals surface area contributed by atoms with E-state index in [2.05, 4.69) is 41.8 Å². The first-order chi connectivity index (χ1) is 15.2. The molecule has 154 valence electrons. The number of fused-ring (bicyclic) bond motifs is 2. The minimum Gasteiger partial charge on any atom is -0.439 e. The molecule has 1 aliphatic rings. The molecule has 4 aromatic heterocycles. The standard InChI is InChI=1S/C21H19N9O/c1-13-6-15(2-3-17(13)31-19-7-18-23-10-27-30(18)12-25-19)28-21-20-16(14-8-22-9-14)4-5-29(20)26-11-24-21/h2-7,10-12,14,22H,8-9H2,1H3,(H,24,26,28). The van der Waals surface area contributed by atoms with Crippen LogP contribution in [0.15, 0.2) is 55.5 Å². The predicted octanol–water partition coefficient (Wildman–Crippen LogP) is 2.70. The van der Waals surface area contributed by atoms with Crippen LogP contribution < -0.4 is 15.4 Å². The number of aromatic nitrogens is 7. The zero-order chi connectivity index (χ0) is 20.8. The summed E-state index contributed by atoms with van der Waals surface area (Å²) in [5.41, 5.74) is 4.84. The molecule has 10 heteroatoms. The van der Waals surface area contributed by atoms with Crippen LogP contribution in [0.25, 0.3) is 11.2 Å². The van der Waals surface area contributed by atoms with Crippen LogP contribution >= 0.6 is 0 Å². The summed E-state index contributed by atoms with van der Waals surface area (Å²) in [5.74, 6) is 2.46. The fraction of sp³-hybridized carbons (Fsp3) is 0.190. The van der Waals surface area contributed by atoms with Gasteiger partial charge in [-0.2, -0.15) is 10.2 Å². The Bertz CT molecular complexity index is 1400. The van der Waals surface area contributed by atoms with Gasteiger partial charge in [-0.3, -0.25) is 0 Å². The van der Waals surface area contributed by atoms with Crippen molar-refractivity contribution in [3.8, 4) is 11.6 Å². The number of ether oxygens (including phenoxy) is 1. The third-order valence-electron chi connectivity index (χ3n) is 5.51. The minimum atomic E-state index is 0.466. The molecule has 1 fully saturated rings. The van der Waals surface area contributed by atoms with Crippen LogP contribution in [-0.2, 0) is 0 Å².